The highest BCUT2D eigenvalue weighted by atomic mass is 32.2. The first-order chi connectivity index (χ1) is 13.0. The average Bonchev–Trinajstić information content (AvgIpc) is 3.21. The van der Waals surface area contributed by atoms with Crippen LogP contribution in [-0.4, -0.2) is 42.5 Å². The van der Waals surface area contributed by atoms with Crippen LogP contribution in [0.3, 0.4) is 0 Å². The van der Waals surface area contributed by atoms with Crippen molar-refractivity contribution in [3.8, 4) is 0 Å². The highest BCUT2D eigenvalue weighted by Gasteiger charge is 2.31. The molecule has 3 heterocycles. The zero-order valence-corrected chi connectivity index (χ0v) is 17.0. The maximum absolute atomic E-state index is 12.8. The lowest BCUT2D eigenvalue weighted by Crippen LogP contribution is -2.44. The summed E-state index contributed by atoms with van der Waals surface area (Å²) >= 11 is 1.64. The molecule has 2 aromatic heterocycles. The van der Waals surface area contributed by atoms with Crippen molar-refractivity contribution >= 4 is 27.3 Å². The summed E-state index contributed by atoms with van der Waals surface area (Å²) in [5, 5.41) is 7.28. The molecule has 0 saturated carbocycles. The van der Waals surface area contributed by atoms with E-state index in [-0.39, 0.29) is 23.6 Å². The van der Waals surface area contributed by atoms with Gasteiger partial charge in [-0.15, -0.1) is 0 Å². The Balaban J connectivity index is 1.65. The van der Waals surface area contributed by atoms with Crippen LogP contribution in [0.5, 0.6) is 0 Å². The van der Waals surface area contributed by atoms with Crippen molar-refractivity contribution in [1.29, 1.82) is 0 Å². The molecule has 8 heteroatoms. The van der Waals surface area contributed by atoms with Gasteiger partial charge in [0, 0.05) is 31.4 Å². The van der Waals surface area contributed by atoms with Crippen molar-refractivity contribution in [1.82, 2.24) is 14.6 Å². The highest BCUT2D eigenvalue weighted by molar-refractivity contribution is 7.89. The van der Waals surface area contributed by atoms with Crippen LogP contribution in [0.25, 0.3) is 0 Å². The Labute approximate surface area is 164 Å². The van der Waals surface area contributed by atoms with E-state index in [1.165, 1.54) is 9.87 Å². The second-order valence-corrected chi connectivity index (χ2v) is 9.79. The number of thiophene rings is 1. The minimum absolute atomic E-state index is 0.00682. The van der Waals surface area contributed by atoms with Crippen LogP contribution in [0.1, 0.15) is 36.9 Å². The molecule has 0 bridgehead atoms. The Bertz CT molecular complexity index is 830. The van der Waals surface area contributed by atoms with E-state index in [0.29, 0.717) is 32.4 Å². The summed E-state index contributed by atoms with van der Waals surface area (Å²) in [4.78, 5) is 17.0. The third-order valence-corrected chi connectivity index (χ3v) is 7.62. The van der Waals surface area contributed by atoms with Crippen molar-refractivity contribution in [2.45, 2.75) is 32.2 Å². The third-order valence-electron chi connectivity index (χ3n) is 5.01. The first-order valence-electron chi connectivity index (χ1n) is 9.19. The van der Waals surface area contributed by atoms with Gasteiger partial charge in [0.05, 0.1) is 11.8 Å². The lowest BCUT2D eigenvalue weighted by atomic mass is 9.95. The van der Waals surface area contributed by atoms with Gasteiger partial charge in [-0.1, -0.05) is 6.07 Å². The molecule has 0 aromatic carbocycles. The Morgan fingerprint density at radius 1 is 1.37 bits per heavy atom. The van der Waals surface area contributed by atoms with E-state index in [1.54, 1.807) is 30.7 Å². The van der Waals surface area contributed by atoms with Crippen molar-refractivity contribution in [3.05, 3.63) is 52.5 Å². The quantitative estimate of drug-likeness (QED) is 0.765. The topological polar surface area (TPSA) is 79.4 Å². The minimum Gasteiger partial charge on any atom is -0.349 e. The average molecular weight is 408 g/mol. The number of sulfonamides is 1. The Kier molecular flexibility index (Phi) is 6.62. The van der Waals surface area contributed by atoms with E-state index in [1.807, 2.05) is 17.5 Å². The van der Waals surface area contributed by atoms with E-state index >= 15 is 0 Å². The number of amides is 1. The Hall–Kier alpha value is -1.77. The fraction of sp³-hybridized carbons (Fsp3) is 0.474. The zero-order valence-electron chi connectivity index (χ0n) is 15.4. The molecule has 0 radical (unpaired) electrons. The molecule has 3 rings (SSSR count). The maximum Gasteiger partial charge on any atom is 0.223 e. The summed E-state index contributed by atoms with van der Waals surface area (Å²) in [7, 11) is -3.18. The smallest absolute Gasteiger partial charge is 0.223 e. The number of aromatic nitrogens is 1. The first kappa shape index (κ1) is 20.0. The normalized spacial score (nSPS) is 17.5. The number of rotatable bonds is 7. The molecule has 146 valence electrons. The minimum atomic E-state index is -3.18. The van der Waals surface area contributed by atoms with Gasteiger partial charge < -0.3 is 5.32 Å². The zero-order chi connectivity index (χ0) is 19.3. The van der Waals surface area contributed by atoms with Crippen LogP contribution in [0, 0.1) is 5.92 Å². The molecular formula is C19H25N3O3S2. The summed E-state index contributed by atoms with van der Waals surface area (Å²) in [6, 6.07) is 5.77. The van der Waals surface area contributed by atoms with Crippen LogP contribution in [-0.2, 0) is 21.2 Å². The predicted octanol–water partition coefficient (Wildman–Crippen LogP) is 2.60. The van der Waals surface area contributed by atoms with Gasteiger partial charge in [0.25, 0.3) is 0 Å². The van der Waals surface area contributed by atoms with Crippen molar-refractivity contribution < 1.29 is 13.2 Å². The Morgan fingerprint density at radius 2 is 2.15 bits per heavy atom. The van der Waals surface area contributed by atoms with Crippen molar-refractivity contribution in [2.24, 2.45) is 5.92 Å². The molecular weight excluding hydrogens is 382 g/mol. The molecule has 2 aromatic rings. The second kappa shape index (κ2) is 8.95. The van der Waals surface area contributed by atoms with Crippen LogP contribution >= 0.6 is 11.3 Å². The predicted molar refractivity (Wildman–Crippen MR) is 107 cm³/mol. The number of piperidine rings is 1. The first-order valence-corrected chi connectivity index (χ1v) is 11.7. The van der Waals surface area contributed by atoms with Gasteiger partial charge in [0.15, 0.2) is 0 Å². The molecule has 1 atom stereocenters. The molecule has 0 aliphatic carbocycles. The standard InChI is InChI=1S/C19H25N3O3S2/c1-2-27(24,25)22-9-5-16(6-10-22)19(23)21-18(12-15-7-11-26-14-15)17-4-3-8-20-13-17/h3-4,7-8,11,13-14,16,18H,2,5-6,9-10,12H2,1H3,(H,21,23). The van der Waals surface area contributed by atoms with Crippen LogP contribution in [0.2, 0.25) is 0 Å². The summed E-state index contributed by atoms with van der Waals surface area (Å²) in [5.41, 5.74) is 2.15. The monoisotopic (exact) mass is 407 g/mol. The highest BCUT2D eigenvalue weighted by Crippen LogP contribution is 2.24. The van der Waals surface area contributed by atoms with Crippen molar-refractivity contribution in [3.63, 3.8) is 0 Å². The van der Waals surface area contributed by atoms with Gasteiger partial charge in [0.1, 0.15) is 0 Å². The van der Waals surface area contributed by atoms with Gasteiger partial charge in [-0.3, -0.25) is 9.78 Å². The SMILES string of the molecule is CCS(=O)(=O)N1CCC(C(=O)NC(Cc2ccsc2)c2cccnc2)CC1. The lowest BCUT2D eigenvalue weighted by Gasteiger charge is -2.31. The molecule has 1 fully saturated rings. The molecule has 0 spiro atoms. The van der Waals surface area contributed by atoms with Gasteiger partial charge in [-0.2, -0.15) is 11.3 Å². The molecule has 6 nitrogen and oxygen atoms in total. The van der Waals surface area contributed by atoms with Crippen LogP contribution in [0.4, 0.5) is 0 Å². The molecule has 1 saturated heterocycles. The lowest BCUT2D eigenvalue weighted by molar-refractivity contribution is -0.126. The molecule has 1 amide bonds. The molecule has 1 unspecified atom stereocenters. The van der Waals surface area contributed by atoms with Gasteiger partial charge in [-0.25, -0.2) is 12.7 Å². The Morgan fingerprint density at radius 3 is 2.74 bits per heavy atom. The third kappa shape index (κ3) is 5.15. The number of hydrogen-bond donors (Lipinski definition) is 1. The fourth-order valence-electron chi connectivity index (χ4n) is 3.35. The van der Waals surface area contributed by atoms with E-state index in [0.717, 1.165) is 5.56 Å². The van der Waals surface area contributed by atoms with Crippen molar-refractivity contribution in [2.75, 3.05) is 18.8 Å². The summed E-state index contributed by atoms with van der Waals surface area (Å²) in [6.45, 7) is 2.48. The van der Waals surface area contributed by atoms with E-state index in [2.05, 4.69) is 21.7 Å². The number of pyridine rings is 1. The largest absolute Gasteiger partial charge is 0.349 e. The van der Waals surface area contributed by atoms with E-state index < -0.39 is 10.0 Å². The number of hydrogen-bond acceptors (Lipinski definition) is 5. The summed E-state index contributed by atoms with van der Waals surface area (Å²) in [5.74, 6) is -0.0595. The second-order valence-electron chi connectivity index (χ2n) is 6.76. The summed E-state index contributed by atoms with van der Waals surface area (Å²) < 4.78 is 25.5. The fourth-order valence-corrected chi connectivity index (χ4v) is 5.16. The van der Waals surface area contributed by atoms with E-state index in [4.69, 9.17) is 0 Å². The van der Waals surface area contributed by atoms with Gasteiger partial charge in [0.2, 0.25) is 15.9 Å². The number of nitrogens with one attached hydrogen (secondary N) is 1. The van der Waals surface area contributed by atoms with Gasteiger partial charge >= 0.3 is 0 Å². The molecule has 1 aliphatic rings. The van der Waals surface area contributed by atoms with E-state index in [9.17, 15) is 13.2 Å². The number of carbonyl (C=O) groups excluding carboxylic acids is 1. The molecule has 27 heavy (non-hydrogen) atoms. The maximum atomic E-state index is 12.8. The van der Waals surface area contributed by atoms with Gasteiger partial charge in [-0.05, 0) is 60.2 Å². The summed E-state index contributed by atoms with van der Waals surface area (Å²) in [6.07, 6.45) is 5.33. The molecule has 1 aliphatic heterocycles. The van der Waals surface area contributed by atoms with Crippen LogP contribution in [0.15, 0.2) is 41.4 Å². The molecule has 1 N–H and O–H groups in total. The van der Waals surface area contributed by atoms with Crippen LogP contribution < -0.4 is 5.32 Å². The number of carbonyl (C=O) groups is 1. The number of nitrogens with zero attached hydrogens (tertiary/aromatic N) is 2.